The molecule has 2 N–H and O–H groups in total. The van der Waals surface area contributed by atoms with Crippen molar-refractivity contribution in [3.8, 4) is 17.2 Å². The predicted molar refractivity (Wildman–Crippen MR) is 139 cm³/mol. The zero-order chi connectivity index (χ0) is 28.5. The molecule has 0 bridgehead atoms. The van der Waals surface area contributed by atoms with Crippen LogP contribution in [0.3, 0.4) is 0 Å². The lowest BCUT2D eigenvalue weighted by Gasteiger charge is -2.37. The van der Waals surface area contributed by atoms with Gasteiger partial charge in [-0.3, -0.25) is 0 Å². The number of carbonyl (C=O) groups excluding carboxylic acids is 1. The zero-order valence-electron chi connectivity index (χ0n) is 22.2. The third-order valence-corrected chi connectivity index (χ3v) is 5.99. The standard InChI is InChI=1S/C26H30F3N5O5/c1-25(2,3)39-24(36)34-10-8-33(9-11-34)15-6-7-17(20(12-15)37-4)30-23-31-18-14-19(35)21(38-5)13-16(18)22(32-23)26(27,28)29/h6-7,12-14,35H,8-11H2,1-5H3,(H,30,31,32). The molecule has 0 saturated carbocycles. The molecule has 10 nitrogen and oxygen atoms in total. The van der Waals surface area contributed by atoms with E-state index in [0.29, 0.717) is 37.6 Å². The van der Waals surface area contributed by atoms with Crippen molar-refractivity contribution in [2.24, 2.45) is 0 Å². The van der Waals surface area contributed by atoms with E-state index in [1.807, 2.05) is 20.8 Å². The van der Waals surface area contributed by atoms with E-state index in [4.69, 9.17) is 14.2 Å². The van der Waals surface area contributed by atoms with Crippen molar-refractivity contribution in [1.29, 1.82) is 0 Å². The number of nitrogens with zero attached hydrogens (tertiary/aromatic N) is 4. The molecule has 0 unspecified atom stereocenters. The molecule has 2 aromatic carbocycles. The summed E-state index contributed by atoms with van der Waals surface area (Å²) >= 11 is 0. The third kappa shape index (κ3) is 6.29. The minimum absolute atomic E-state index is 0.114. The van der Waals surface area contributed by atoms with Gasteiger partial charge in [0, 0.05) is 49.4 Å². The Morgan fingerprint density at radius 1 is 0.974 bits per heavy atom. The van der Waals surface area contributed by atoms with Crippen LogP contribution in [-0.2, 0) is 10.9 Å². The summed E-state index contributed by atoms with van der Waals surface area (Å²) < 4.78 is 57.4. The Hall–Kier alpha value is -4.16. The lowest BCUT2D eigenvalue weighted by Crippen LogP contribution is -2.50. The van der Waals surface area contributed by atoms with Crippen molar-refractivity contribution in [3.63, 3.8) is 0 Å². The number of methoxy groups -OCH3 is 2. The molecule has 1 aliphatic rings. The summed E-state index contributed by atoms with van der Waals surface area (Å²) in [5.74, 6) is -0.439. The SMILES string of the molecule is COc1cc2c(C(F)(F)F)nc(Nc3ccc(N4CCN(C(=O)OC(C)(C)C)CC4)cc3OC)nc2cc1O. The number of piperazine rings is 1. The van der Waals surface area contributed by atoms with Crippen LogP contribution < -0.4 is 19.7 Å². The molecule has 1 saturated heterocycles. The summed E-state index contributed by atoms with van der Waals surface area (Å²) in [5.41, 5.74) is -0.705. The third-order valence-electron chi connectivity index (χ3n) is 5.99. The normalized spacial score (nSPS) is 14.4. The number of hydrogen-bond donors (Lipinski definition) is 2. The Morgan fingerprint density at radius 3 is 2.23 bits per heavy atom. The molecule has 0 aliphatic carbocycles. The molecule has 39 heavy (non-hydrogen) atoms. The summed E-state index contributed by atoms with van der Waals surface area (Å²) in [4.78, 5) is 23.9. The molecule has 4 rings (SSSR count). The summed E-state index contributed by atoms with van der Waals surface area (Å²) in [5, 5.41) is 12.6. The fourth-order valence-corrected chi connectivity index (χ4v) is 4.15. The number of aromatic nitrogens is 2. The molecule has 1 fully saturated rings. The Kier molecular flexibility index (Phi) is 7.53. The first-order valence-electron chi connectivity index (χ1n) is 12.1. The fourth-order valence-electron chi connectivity index (χ4n) is 4.15. The number of halogens is 3. The van der Waals surface area contributed by atoms with Gasteiger partial charge in [-0.1, -0.05) is 0 Å². The van der Waals surface area contributed by atoms with Gasteiger partial charge in [0.1, 0.15) is 11.4 Å². The number of aromatic hydroxyl groups is 1. The molecule has 0 radical (unpaired) electrons. The molecule has 1 amide bonds. The Morgan fingerprint density at radius 2 is 1.64 bits per heavy atom. The maximum absolute atomic E-state index is 13.9. The fraction of sp³-hybridized carbons (Fsp3) is 0.423. The van der Waals surface area contributed by atoms with Gasteiger partial charge in [-0.05, 0) is 39.0 Å². The van der Waals surface area contributed by atoms with Crippen LogP contribution in [0.25, 0.3) is 10.9 Å². The van der Waals surface area contributed by atoms with Crippen molar-refractivity contribution < 1.29 is 37.3 Å². The maximum Gasteiger partial charge on any atom is 0.434 e. The Bertz CT molecular complexity index is 1370. The number of anilines is 3. The van der Waals surface area contributed by atoms with Crippen molar-refractivity contribution in [1.82, 2.24) is 14.9 Å². The largest absolute Gasteiger partial charge is 0.504 e. The highest BCUT2D eigenvalue weighted by molar-refractivity contribution is 5.86. The van der Waals surface area contributed by atoms with Crippen LogP contribution >= 0.6 is 0 Å². The maximum atomic E-state index is 13.9. The van der Waals surface area contributed by atoms with E-state index in [9.17, 15) is 23.1 Å². The number of ether oxygens (including phenoxy) is 3. The Balaban J connectivity index is 1.56. The zero-order valence-corrected chi connectivity index (χ0v) is 22.2. The number of nitrogens with one attached hydrogen (secondary N) is 1. The highest BCUT2D eigenvalue weighted by Gasteiger charge is 2.36. The van der Waals surface area contributed by atoms with E-state index in [0.717, 1.165) is 17.8 Å². The smallest absolute Gasteiger partial charge is 0.434 e. The quantitative estimate of drug-likeness (QED) is 0.445. The Labute approximate surface area is 223 Å². The lowest BCUT2D eigenvalue weighted by molar-refractivity contribution is -0.139. The van der Waals surface area contributed by atoms with Gasteiger partial charge >= 0.3 is 12.3 Å². The number of fused-ring (bicyclic) bond motifs is 1. The van der Waals surface area contributed by atoms with Crippen LogP contribution in [0.15, 0.2) is 30.3 Å². The minimum atomic E-state index is -4.78. The second-order valence-corrected chi connectivity index (χ2v) is 9.90. The number of phenolic OH excluding ortho intramolecular Hbond substituents is 1. The molecule has 1 aromatic heterocycles. The molecule has 210 valence electrons. The van der Waals surface area contributed by atoms with E-state index in [2.05, 4.69) is 20.2 Å². The summed E-state index contributed by atoms with van der Waals surface area (Å²) in [6.45, 7) is 7.51. The molecular weight excluding hydrogens is 519 g/mol. The molecule has 2 heterocycles. The van der Waals surface area contributed by atoms with Crippen molar-refractivity contribution >= 4 is 34.3 Å². The number of phenols is 1. The van der Waals surface area contributed by atoms with Crippen LogP contribution in [0.1, 0.15) is 26.5 Å². The van der Waals surface area contributed by atoms with Gasteiger partial charge in [-0.2, -0.15) is 13.2 Å². The van der Waals surface area contributed by atoms with Crippen LogP contribution in [-0.4, -0.2) is 72.1 Å². The van der Waals surface area contributed by atoms with Crippen molar-refractivity contribution in [2.75, 3.05) is 50.6 Å². The van der Waals surface area contributed by atoms with Crippen LogP contribution in [0.4, 0.5) is 35.3 Å². The van der Waals surface area contributed by atoms with Gasteiger partial charge in [-0.25, -0.2) is 14.8 Å². The number of hydrogen-bond acceptors (Lipinski definition) is 9. The second kappa shape index (κ2) is 10.5. The van der Waals surface area contributed by atoms with Gasteiger partial charge in [0.2, 0.25) is 5.95 Å². The number of benzene rings is 2. The van der Waals surface area contributed by atoms with Crippen LogP contribution in [0, 0.1) is 0 Å². The van der Waals surface area contributed by atoms with Crippen LogP contribution in [0.2, 0.25) is 0 Å². The van der Waals surface area contributed by atoms with Crippen molar-refractivity contribution in [2.45, 2.75) is 32.5 Å². The number of amides is 1. The molecule has 0 spiro atoms. The van der Waals surface area contributed by atoms with Gasteiger partial charge in [0.05, 0.1) is 25.4 Å². The summed E-state index contributed by atoms with van der Waals surface area (Å²) in [6, 6.07) is 7.33. The average Bonchev–Trinajstić information content (AvgIpc) is 2.86. The van der Waals surface area contributed by atoms with E-state index < -0.39 is 17.5 Å². The monoisotopic (exact) mass is 549 g/mol. The van der Waals surface area contributed by atoms with E-state index >= 15 is 0 Å². The molecular formula is C26H30F3N5O5. The summed E-state index contributed by atoms with van der Waals surface area (Å²) in [7, 11) is 2.68. The lowest BCUT2D eigenvalue weighted by atomic mass is 10.1. The first-order chi connectivity index (χ1) is 18.3. The van der Waals surface area contributed by atoms with Crippen LogP contribution in [0.5, 0.6) is 17.2 Å². The number of carbonyl (C=O) groups is 1. The number of alkyl halides is 3. The highest BCUT2D eigenvalue weighted by Crippen LogP contribution is 2.39. The molecule has 0 atom stereocenters. The molecule has 1 aliphatic heterocycles. The average molecular weight is 550 g/mol. The highest BCUT2D eigenvalue weighted by atomic mass is 19.4. The van der Waals surface area contributed by atoms with E-state index in [1.54, 1.807) is 23.1 Å². The predicted octanol–water partition coefficient (Wildman–Crippen LogP) is 5.17. The minimum Gasteiger partial charge on any atom is -0.504 e. The van der Waals surface area contributed by atoms with E-state index in [-0.39, 0.29) is 34.4 Å². The first kappa shape index (κ1) is 27.9. The van der Waals surface area contributed by atoms with Gasteiger partial charge in [0.25, 0.3) is 0 Å². The van der Waals surface area contributed by atoms with Gasteiger partial charge in [-0.15, -0.1) is 0 Å². The van der Waals surface area contributed by atoms with Gasteiger partial charge in [0.15, 0.2) is 17.2 Å². The summed E-state index contributed by atoms with van der Waals surface area (Å²) in [6.07, 6.45) is -5.14. The number of rotatable bonds is 5. The topological polar surface area (TPSA) is 109 Å². The van der Waals surface area contributed by atoms with E-state index in [1.165, 1.54) is 14.2 Å². The molecule has 13 heteroatoms. The second-order valence-electron chi connectivity index (χ2n) is 9.90. The van der Waals surface area contributed by atoms with Crippen molar-refractivity contribution in [3.05, 3.63) is 36.0 Å². The first-order valence-corrected chi connectivity index (χ1v) is 12.1. The van der Waals surface area contributed by atoms with Gasteiger partial charge < -0.3 is 34.4 Å². The molecule has 3 aromatic rings.